The third kappa shape index (κ3) is 3.57. The Morgan fingerprint density at radius 1 is 1.04 bits per heavy atom. The molecule has 0 atom stereocenters. The molecule has 0 aliphatic carbocycles. The Bertz CT molecular complexity index is 1170. The van der Waals surface area contributed by atoms with E-state index in [0.29, 0.717) is 34.2 Å². The molecule has 4 aromatic rings. The van der Waals surface area contributed by atoms with Crippen LogP contribution in [0.25, 0.3) is 22.4 Å². The van der Waals surface area contributed by atoms with Crippen molar-refractivity contribution in [2.75, 3.05) is 7.11 Å². The number of nitrogens with zero attached hydrogens (tertiary/aromatic N) is 1. The molecule has 3 N–H and O–H groups in total. The molecule has 7 heteroatoms. The molecule has 0 aliphatic heterocycles. The van der Waals surface area contributed by atoms with Gasteiger partial charge < -0.3 is 20.2 Å². The quantitative estimate of drug-likeness (QED) is 0.464. The molecule has 0 unspecified atom stereocenters. The van der Waals surface area contributed by atoms with E-state index >= 15 is 0 Å². The van der Waals surface area contributed by atoms with Gasteiger partial charge in [-0.3, -0.25) is 4.79 Å². The lowest BCUT2D eigenvalue weighted by molar-refractivity contribution is 0.100. The van der Waals surface area contributed by atoms with Crippen LogP contribution in [-0.2, 0) is 0 Å². The molecule has 0 fully saturated rings. The van der Waals surface area contributed by atoms with Crippen molar-refractivity contribution in [1.82, 2.24) is 9.97 Å². The number of carbonyl (C=O) groups excluding carboxylic acids is 1. The van der Waals surface area contributed by atoms with Gasteiger partial charge in [-0.1, -0.05) is 0 Å². The Balaban J connectivity index is 1.57. The third-order valence-corrected chi connectivity index (χ3v) is 4.91. The van der Waals surface area contributed by atoms with Gasteiger partial charge in [0.25, 0.3) is 0 Å². The van der Waals surface area contributed by atoms with E-state index in [1.165, 1.54) is 0 Å². The van der Waals surface area contributed by atoms with Crippen LogP contribution in [0, 0.1) is 0 Å². The van der Waals surface area contributed by atoms with Crippen molar-refractivity contribution in [2.24, 2.45) is 5.73 Å². The molecule has 1 amide bonds. The fourth-order valence-electron chi connectivity index (χ4n) is 2.82. The number of methoxy groups -OCH3 is 1. The maximum atomic E-state index is 11.3. The molecular formula is C21H16BrN3O3. The number of fused-ring (bicyclic) bond motifs is 1. The van der Waals surface area contributed by atoms with Crippen molar-refractivity contribution in [1.29, 1.82) is 0 Å². The maximum absolute atomic E-state index is 11.3. The molecule has 0 radical (unpaired) electrons. The number of ether oxygens (including phenoxy) is 2. The molecule has 0 saturated carbocycles. The number of nitrogens with two attached hydrogens (primary N) is 1. The SMILES string of the molecule is COc1cc(Oc2ccc(-c3nc4cc(C(N)=O)ccc4[nH]3)cc2)ccc1Br. The number of carbonyl (C=O) groups is 1. The average molecular weight is 438 g/mol. The fraction of sp³-hybridized carbons (Fsp3) is 0.0476. The van der Waals surface area contributed by atoms with Crippen molar-refractivity contribution in [3.63, 3.8) is 0 Å². The second-order valence-electron chi connectivity index (χ2n) is 6.10. The average Bonchev–Trinajstić information content (AvgIpc) is 3.13. The summed E-state index contributed by atoms with van der Waals surface area (Å²) in [6.45, 7) is 0. The van der Waals surface area contributed by atoms with Gasteiger partial charge in [0.05, 0.1) is 22.6 Å². The number of benzene rings is 3. The van der Waals surface area contributed by atoms with E-state index in [1.54, 1.807) is 25.3 Å². The first-order valence-electron chi connectivity index (χ1n) is 8.45. The van der Waals surface area contributed by atoms with Crippen molar-refractivity contribution in [2.45, 2.75) is 0 Å². The van der Waals surface area contributed by atoms with Gasteiger partial charge in [0.2, 0.25) is 5.91 Å². The minimum atomic E-state index is -0.475. The van der Waals surface area contributed by atoms with E-state index in [0.717, 1.165) is 15.6 Å². The molecule has 3 aromatic carbocycles. The summed E-state index contributed by atoms with van der Waals surface area (Å²) in [5.74, 6) is 2.30. The number of hydrogen-bond acceptors (Lipinski definition) is 4. The number of amides is 1. The number of aromatic nitrogens is 2. The second-order valence-corrected chi connectivity index (χ2v) is 6.96. The number of rotatable bonds is 5. The first kappa shape index (κ1) is 18.1. The Labute approximate surface area is 169 Å². The highest BCUT2D eigenvalue weighted by Gasteiger charge is 2.09. The number of imidazole rings is 1. The predicted octanol–water partition coefficient (Wildman–Crippen LogP) is 4.89. The van der Waals surface area contributed by atoms with Gasteiger partial charge in [-0.2, -0.15) is 0 Å². The summed E-state index contributed by atoms with van der Waals surface area (Å²) in [4.78, 5) is 19.1. The van der Waals surface area contributed by atoms with E-state index in [9.17, 15) is 4.79 Å². The van der Waals surface area contributed by atoms with Crippen LogP contribution in [-0.4, -0.2) is 23.0 Å². The largest absolute Gasteiger partial charge is 0.495 e. The Morgan fingerprint density at radius 3 is 2.50 bits per heavy atom. The van der Waals surface area contributed by atoms with Crippen LogP contribution >= 0.6 is 15.9 Å². The van der Waals surface area contributed by atoms with Crippen LogP contribution in [0.3, 0.4) is 0 Å². The minimum Gasteiger partial charge on any atom is -0.495 e. The van der Waals surface area contributed by atoms with Gasteiger partial charge in [0.1, 0.15) is 23.1 Å². The summed E-state index contributed by atoms with van der Waals surface area (Å²) in [5.41, 5.74) is 8.18. The number of aromatic amines is 1. The molecule has 0 saturated heterocycles. The number of primary amides is 1. The van der Waals surface area contributed by atoms with Crippen LogP contribution < -0.4 is 15.2 Å². The lowest BCUT2D eigenvalue weighted by Gasteiger charge is -2.09. The van der Waals surface area contributed by atoms with Crippen LogP contribution in [0.2, 0.25) is 0 Å². The molecular weight excluding hydrogens is 422 g/mol. The van der Waals surface area contributed by atoms with Crippen molar-refractivity contribution in [3.05, 3.63) is 70.7 Å². The van der Waals surface area contributed by atoms with Gasteiger partial charge in [-0.15, -0.1) is 0 Å². The topological polar surface area (TPSA) is 90.2 Å². The zero-order valence-electron chi connectivity index (χ0n) is 14.9. The van der Waals surface area contributed by atoms with Gasteiger partial charge in [0.15, 0.2) is 0 Å². The molecule has 0 spiro atoms. The predicted molar refractivity (Wildman–Crippen MR) is 111 cm³/mol. The smallest absolute Gasteiger partial charge is 0.248 e. The maximum Gasteiger partial charge on any atom is 0.248 e. The van der Waals surface area contributed by atoms with Crippen LogP contribution in [0.15, 0.2) is 65.1 Å². The molecule has 0 bridgehead atoms. The van der Waals surface area contributed by atoms with E-state index in [2.05, 4.69) is 25.9 Å². The van der Waals surface area contributed by atoms with Gasteiger partial charge in [-0.05, 0) is 70.5 Å². The van der Waals surface area contributed by atoms with Crippen LogP contribution in [0.1, 0.15) is 10.4 Å². The summed E-state index contributed by atoms with van der Waals surface area (Å²) >= 11 is 3.42. The van der Waals surface area contributed by atoms with Gasteiger partial charge >= 0.3 is 0 Å². The standard InChI is InChI=1S/C21H16BrN3O3/c1-27-19-11-15(7-8-16(19)22)28-14-5-2-12(3-6-14)21-24-17-9-4-13(20(23)26)10-18(17)25-21/h2-11H,1H3,(H2,23,26)(H,24,25). The molecule has 0 aliphatic rings. The molecule has 140 valence electrons. The number of nitrogens with one attached hydrogen (secondary N) is 1. The zero-order chi connectivity index (χ0) is 19.7. The van der Waals surface area contributed by atoms with E-state index in [1.807, 2.05) is 42.5 Å². The van der Waals surface area contributed by atoms with Crippen LogP contribution in [0.4, 0.5) is 0 Å². The van der Waals surface area contributed by atoms with Crippen LogP contribution in [0.5, 0.6) is 17.2 Å². The Hall–Kier alpha value is -3.32. The van der Waals surface area contributed by atoms with E-state index in [-0.39, 0.29) is 0 Å². The van der Waals surface area contributed by atoms with Crippen molar-refractivity contribution in [3.8, 4) is 28.6 Å². The number of H-pyrrole nitrogens is 1. The molecule has 1 heterocycles. The lowest BCUT2D eigenvalue weighted by Crippen LogP contribution is -2.10. The molecule has 1 aromatic heterocycles. The highest BCUT2D eigenvalue weighted by molar-refractivity contribution is 9.10. The Morgan fingerprint density at radius 2 is 1.79 bits per heavy atom. The molecule has 4 rings (SSSR count). The van der Waals surface area contributed by atoms with Gasteiger partial charge in [-0.25, -0.2) is 4.98 Å². The highest BCUT2D eigenvalue weighted by Crippen LogP contribution is 2.32. The third-order valence-electron chi connectivity index (χ3n) is 4.25. The summed E-state index contributed by atoms with van der Waals surface area (Å²) in [5, 5.41) is 0. The second kappa shape index (κ2) is 7.36. The number of hydrogen-bond donors (Lipinski definition) is 2. The van der Waals surface area contributed by atoms with E-state index in [4.69, 9.17) is 15.2 Å². The van der Waals surface area contributed by atoms with Crippen molar-refractivity contribution < 1.29 is 14.3 Å². The minimum absolute atomic E-state index is 0.430. The first-order chi connectivity index (χ1) is 13.5. The fourth-order valence-corrected chi connectivity index (χ4v) is 3.22. The molecule has 28 heavy (non-hydrogen) atoms. The summed E-state index contributed by atoms with van der Waals surface area (Å²) in [6, 6.07) is 18.3. The Kier molecular flexibility index (Phi) is 4.75. The first-order valence-corrected chi connectivity index (χ1v) is 9.24. The monoisotopic (exact) mass is 437 g/mol. The number of halogens is 1. The van der Waals surface area contributed by atoms with Gasteiger partial charge in [0, 0.05) is 17.2 Å². The van der Waals surface area contributed by atoms with Crippen molar-refractivity contribution >= 4 is 32.9 Å². The molecule has 6 nitrogen and oxygen atoms in total. The summed E-state index contributed by atoms with van der Waals surface area (Å²) in [6.07, 6.45) is 0. The summed E-state index contributed by atoms with van der Waals surface area (Å²) in [7, 11) is 1.61. The normalized spacial score (nSPS) is 10.8. The zero-order valence-corrected chi connectivity index (χ0v) is 16.5. The highest BCUT2D eigenvalue weighted by atomic mass is 79.9. The van der Waals surface area contributed by atoms with E-state index < -0.39 is 5.91 Å². The lowest BCUT2D eigenvalue weighted by atomic mass is 10.2. The summed E-state index contributed by atoms with van der Waals surface area (Å²) < 4.78 is 12.0.